The lowest BCUT2D eigenvalue weighted by atomic mass is 10.1. The van der Waals surface area contributed by atoms with E-state index in [1.165, 1.54) is 19.1 Å². The Morgan fingerprint density at radius 2 is 2.00 bits per heavy atom. The largest absolute Gasteiger partial charge is 0.485 e. The molecule has 0 unspecified atom stereocenters. The Morgan fingerprint density at radius 1 is 1.31 bits per heavy atom. The predicted molar refractivity (Wildman–Crippen MR) is 87.6 cm³/mol. The zero-order valence-electron chi connectivity index (χ0n) is 14.2. The first-order valence-corrected chi connectivity index (χ1v) is 7.49. The van der Waals surface area contributed by atoms with Crippen LogP contribution in [0.2, 0.25) is 0 Å². The molecule has 1 aromatic carbocycles. The molecule has 9 heteroatoms. The second-order valence-electron chi connectivity index (χ2n) is 5.21. The standard InChI is InChI=1S/C17H16N4O5/c1-10(19)14(7-18)15(22)8-25-17(23)12-3-5-13(6-4-12)24-9-16-20-11(2)26-21-16/h3-6H,8-9,19H2,1-2H3/b14-10-. The van der Waals surface area contributed by atoms with Crippen LogP contribution in [-0.4, -0.2) is 28.5 Å². The smallest absolute Gasteiger partial charge is 0.338 e. The van der Waals surface area contributed by atoms with E-state index < -0.39 is 18.4 Å². The van der Waals surface area contributed by atoms with Crippen molar-refractivity contribution in [3.63, 3.8) is 0 Å². The van der Waals surface area contributed by atoms with Gasteiger partial charge in [0.05, 0.1) is 5.56 Å². The molecule has 0 bridgehead atoms. The maximum absolute atomic E-state index is 11.9. The number of aryl methyl sites for hydroxylation is 1. The van der Waals surface area contributed by atoms with Gasteiger partial charge in [-0.1, -0.05) is 5.16 Å². The number of carbonyl (C=O) groups is 2. The van der Waals surface area contributed by atoms with E-state index in [0.29, 0.717) is 17.5 Å². The highest BCUT2D eigenvalue weighted by Gasteiger charge is 2.15. The number of esters is 1. The molecule has 134 valence electrons. The van der Waals surface area contributed by atoms with Gasteiger partial charge in [-0.15, -0.1) is 0 Å². The van der Waals surface area contributed by atoms with Crippen molar-refractivity contribution in [3.05, 3.63) is 52.8 Å². The molecule has 0 aliphatic rings. The highest BCUT2D eigenvalue weighted by Crippen LogP contribution is 2.14. The number of carbonyl (C=O) groups excluding carboxylic acids is 2. The number of allylic oxidation sites excluding steroid dienone is 1. The summed E-state index contributed by atoms with van der Waals surface area (Å²) in [6.45, 7) is 2.65. The van der Waals surface area contributed by atoms with Gasteiger partial charge in [-0.2, -0.15) is 10.2 Å². The van der Waals surface area contributed by atoms with E-state index in [9.17, 15) is 9.59 Å². The Morgan fingerprint density at radius 3 is 2.54 bits per heavy atom. The van der Waals surface area contributed by atoms with Crippen LogP contribution in [-0.2, 0) is 16.1 Å². The molecule has 1 aromatic heterocycles. The third kappa shape index (κ3) is 4.91. The van der Waals surface area contributed by atoms with E-state index in [4.69, 9.17) is 25.0 Å². The summed E-state index contributed by atoms with van der Waals surface area (Å²) < 4.78 is 15.2. The number of aromatic nitrogens is 2. The van der Waals surface area contributed by atoms with Crippen LogP contribution < -0.4 is 10.5 Å². The number of hydrogen-bond acceptors (Lipinski definition) is 9. The van der Waals surface area contributed by atoms with E-state index in [2.05, 4.69) is 10.1 Å². The van der Waals surface area contributed by atoms with E-state index in [1.54, 1.807) is 25.1 Å². The highest BCUT2D eigenvalue weighted by atomic mass is 16.5. The van der Waals surface area contributed by atoms with Crippen LogP contribution in [0.1, 0.15) is 29.0 Å². The molecule has 2 rings (SSSR count). The molecule has 1 heterocycles. The van der Waals surface area contributed by atoms with E-state index in [1.807, 2.05) is 0 Å². The Labute approximate surface area is 149 Å². The van der Waals surface area contributed by atoms with Gasteiger partial charge in [0, 0.05) is 12.6 Å². The van der Waals surface area contributed by atoms with Gasteiger partial charge in [-0.05, 0) is 31.2 Å². The summed E-state index contributed by atoms with van der Waals surface area (Å²) in [7, 11) is 0. The third-order valence-electron chi connectivity index (χ3n) is 3.15. The SMILES string of the molecule is C/C(N)=C(\C#N)C(=O)COC(=O)c1ccc(OCc2noc(C)n2)cc1. The molecule has 9 nitrogen and oxygen atoms in total. The van der Waals surface area contributed by atoms with Crippen LogP contribution in [0.15, 0.2) is 40.1 Å². The van der Waals surface area contributed by atoms with E-state index in [-0.39, 0.29) is 23.4 Å². The van der Waals surface area contributed by atoms with E-state index >= 15 is 0 Å². The quantitative estimate of drug-likeness (QED) is 0.443. The summed E-state index contributed by atoms with van der Waals surface area (Å²) in [4.78, 5) is 27.7. The number of hydrogen-bond donors (Lipinski definition) is 1. The van der Waals surface area contributed by atoms with Crippen molar-refractivity contribution in [3.8, 4) is 11.8 Å². The first-order chi connectivity index (χ1) is 12.4. The summed E-state index contributed by atoms with van der Waals surface area (Å²) in [6.07, 6.45) is 0. The zero-order valence-corrected chi connectivity index (χ0v) is 14.2. The molecule has 0 aliphatic heterocycles. The summed E-state index contributed by atoms with van der Waals surface area (Å²) in [5.74, 6) is -0.0214. The van der Waals surface area contributed by atoms with Crippen molar-refractivity contribution in [1.82, 2.24) is 10.1 Å². The number of rotatable bonds is 7. The fourth-order valence-electron chi connectivity index (χ4n) is 1.89. The van der Waals surface area contributed by atoms with Crippen molar-refractivity contribution in [1.29, 1.82) is 5.26 Å². The number of nitrogens with zero attached hydrogens (tertiary/aromatic N) is 3. The van der Waals surface area contributed by atoms with Gasteiger partial charge in [0.1, 0.15) is 17.4 Å². The number of ketones is 1. The van der Waals surface area contributed by atoms with E-state index in [0.717, 1.165) is 0 Å². The Kier molecular flexibility index (Phi) is 6.06. The van der Waals surface area contributed by atoms with Crippen molar-refractivity contribution < 1.29 is 23.6 Å². The van der Waals surface area contributed by atoms with Crippen LogP contribution in [0, 0.1) is 18.3 Å². The minimum absolute atomic E-state index is 0.0758. The first-order valence-electron chi connectivity index (χ1n) is 7.49. The number of benzene rings is 1. The lowest BCUT2D eigenvalue weighted by Gasteiger charge is -2.06. The normalized spacial score (nSPS) is 11.3. The number of nitrogens with two attached hydrogens (primary N) is 1. The van der Waals surface area contributed by atoms with Gasteiger partial charge in [0.15, 0.2) is 13.2 Å². The van der Waals surface area contributed by atoms with Crippen LogP contribution in [0.4, 0.5) is 0 Å². The molecule has 0 amide bonds. The fraction of sp³-hybridized carbons (Fsp3) is 0.235. The average molecular weight is 356 g/mol. The lowest BCUT2D eigenvalue weighted by Crippen LogP contribution is -2.17. The molecule has 0 fully saturated rings. The zero-order chi connectivity index (χ0) is 19.1. The molecule has 26 heavy (non-hydrogen) atoms. The summed E-state index contributed by atoms with van der Waals surface area (Å²) in [5, 5.41) is 12.5. The molecule has 0 saturated carbocycles. The van der Waals surface area contributed by atoms with Crippen molar-refractivity contribution in [2.45, 2.75) is 20.5 Å². The van der Waals surface area contributed by atoms with Gasteiger partial charge >= 0.3 is 5.97 Å². The maximum Gasteiger partial charge on any atom is 0.338 e. The molecule has 0 aliphatic carbocycles. The molecule has 0 spiro atoms. The molecular formula is C17H16N4O5. The molecule has 2 N–H and O–H groups in total. The summed E-state index contributed by atoms with van der Waals surface area (Å²) in [6, 6.07) is 7.78. The predicted octanol–water partition coefficient (Wildman–Crippen LogP) is 1.44. The minimum atomic E-state index is -0.703. The minimum Gasteiger partial charge on any atom is -0.485 e. The Balaban J connectivity index is 1.89. The van der Waals surface area contributed by atoms with Crippen LogP contribution in [0.5, 0.6) is 5.75 Å². The number of nitriles is 1. The molecule has 0 atom stereocenters. The second-order valence-corrected chi connectivity index (χ2v) is 5.21. The maximum atomic E-state index is 11.9. The van der Waals surface area contributed by atoms with Crippen molar-refractivity contribution in [2.75, 3.05) is 6.61 Å². The molecule has 0 radical (unpaired) electrons. The number of Topliss-reactive ketones (excluding diaryl/α,β-unsaturated/α-hetero) is 1. The van der Waals surface area contributed by atoms with Crippen molar-refractivity contribution in [2.24, 2.45) is 5.73 Å². The first kappa shape index (κ1) is 18.7. The Hall–Kier alpha value is -3.67. The van der Waals surface area contributed by atoms with Gasteiger partial charge < -0.3 is 19.7 Å². The van der Waals surface area contributed by atoms with Gasteiger partial charge in [-0.3, -0.25) is 4.79 Å². The highest BCUT2D eigenvalue weighted by molar-refractivity contribution is 6.02. The topological polar surface area (TPSA) is 141 Å². The van der Waals surface area contributed by atoms with Crippen LogP contribution in [0.3, 0.4) is 0 Å². The van der Waals surface area contributed by atoms with Crippen LogP contribution >= 0.6 is 0 Å². The second kappa shape index (κ2) is 8.43. The fourth-order valence-corrected chi connectivity index (χ4v) is 1.89. The average Bonchev–Trinajstić information content (AvgIpc) is 3.04. The molecule has 0 saturated heterocycles. The molecular weight excluding hydrogens is 340 g/mol. The monoisotopic (exact) mass is 356 g/mol. The summed E-state index contributed by atoms with van der Waals surface area (Å²) >= 11 is 0. The van der Waals surface area contributed by atoms with Gasteiger partial charge in [-0.25, -0.2) is 4.79 Å². The van der Waals surface area contributed by atoms with Gasteiger partial charge in [0.25, 0.3) is 0 Å². The lowest BCUT2D eigenvalue weighted by molar-refractivity contribution is -0.118. The number of ether oxygens (including phenoxy) is 2. The van der Waals surface area contributed by atoms with Crippen LogP contribution in [0.25, 0.3) is 0 Å². The van der Waals surface area contributed by atoms with Crippen molar-refractivity contribution >= 4 is 11.8 Å². The summed E-state index contributed by atoms with van der Waals surface area (Å²) in [5.41, 5.74) is 5.50. The van der Waals surface area contributed by atoms with Gasteiger partial charge in [0.2, 0.25) is 17.5 Å². The molecule has 2 aromatic rings. The third-order valence-corrected chi connectivity index (χ3v) is 3.15. The Bertz CT molecular complexity index is 873.